The largest absolute Gasteiger partial charge is 0.354 e. The fourth-order valence-electron chi connectivity index (χ4n) is 3.42. The molecule has 0 unspecified atom stereocenters. The van der Waals surface area contributed by atoms with Crippen LogP contribution in [0.5, 0.6) is 0 Å². The quantitative estimate of drug-likeness (QED) is 0.684. The van der Waals surface area contributed by atoms with Crippen LogP contribution in [0.2, 0.25) is 0 Å². The molecule has 1 aliphatic carbocycles. The molecule has 0 bridgehead atoms. The van der Waals surface area contributed by atoms with Crippen LogP contribution in [0.4, 0.5) is 5.13 Å². The van der Waals surface area contributed by atoms with Gasteiger partial charge in [-0.25, -0.2) is 4.98 Å². The summed E-state index contributed by atoms with van der Waals surface area (Å²) in [5.74, 6) is -0.195. The van der Waals surface area contributed by atoms with E-state index in [-0.39, 0.29) is 11.8 Å². The molecule has 0 aromatic carbocycles. The Morgan fingerprint density at radius 3 is 2.59 bits per heavy atom. The van der Waals surface area contributed by atoms with E-state index >= 15 is 0 Å². The van der Waals surface area contributed by atoms with Gasteiger partial charge in [0.1, 0.15) is 10.4 Å². The van der Waals surface area contributed by atoms with E-state index in [1.54, 1.807) is 11.3 Å². The predicted octanol–water partition coefficient (Wildman–Crippen LogP) is 3.77. The second-order valence-electron chi connectivity index (χ2n) is 7.38. The highest BCUT2D eigenvalue weighted by molar-refractivity contribution is 7.29. The number of anilines is 1. The summed E-state index contributed by atoms with van der Waals surface area (Å²) >= 11 is 2.97. The van der Waals surface area contributed by atoms with Crippen molar-refractivity contribution >= 4 is 49.1 Å². The zero-order valence-corrected chi connectivity index (χ0v) is 17.9. The monoisotopic (exact) mass is 408 g/mol. The number of thiazole rings is 1. The summed E-state index contributed by atoms with van der Waals surface area (Å²) in [5, 5.41) is 7.05. The van der Waals surface area contributed by atoms with Gasteiger partial charge in [0.15, 0.2) is 5.13 Å². The summed E-state index contributed by atoms with van der Waals surface area (Å²) in [5.41, 5.74) is -0.775. The van der Waals surface area contributed by atoms with Crippen LogP contribution in [0.3, 0.4) is 0 Å². The zero-order chi connectivity index (χ0) is 19.4. The number of hydrogen-bond donors (Lipinski definition) is 2. The summed E-state index contributed by atoms with van der Waals surface area (Å²) in [6, 6.07) is 1.89. The number of unbranched alkanes of at least 4 members (excludes halogenated alkanes) is 1. The summed E-state index contributed by atoms with van der Waals surface area (Å²) in [6.45, 7) is 2.77. The van der Waals surface area contributed by atoms with Crippen molar-refractivity contribution in [2.45, 2.75) is 57.4 Å². The molecule has 2 aromatic rings. The highest BCUT2D eigenvalue weighted by Gasteiger charge is 2.41. The molecule has 1 aliphatic rings. The van der Waals surface area contributed by atoms with Gasteiger partial charge in [-0.3, -0.25) is 9.59 Å². The molecule has 8 heteroatoms. The number of fused-ring (bicyclic) bond motifs is 1. The van der Waals surface area contributed by atoms with Gasteiger partial charge in [-0.15, -0.1) is 11.3 Å². The predicted molar refractivity (Wildman–Crippen MR) is 113 cm³/mol. The maximum Gasteiger partial charge on any atom is 0.262 e. The van der Waals surface area contributed by atoms with E-state index in [1.807, 2.05) is 25.1 Å². The third-order valence-corrected chi connectivity index (χ3v) is 7.32. The summed E-state index contributed by atoms with van der Waals surface area (Å²) in [7, 11) is 3.92. The molecule has 2 N–H and O–H groups in total. The maximum atomic E-state index is 12.9. The van der Waals surface area contributed by atoms with E-state index in [4.69, 9.17) is 0 Å². The molecule has 27 heavy (non-hydrogen) atoms. The average molecular weight is 409 g/mol. The van der Waals surface area contributed by atoms with Gasteiger partial charge in [0, 0.05) is 20.6 Å². The fourth-order valence-corrected chi connectivity index (χ4v) is 5.45. The number of aromatic nitrogens is 1. The van der Waals surface area contributed by atoms with E-state index in [2.05, 4.69) is 22.5 Å². The summed E-state index contributed by atoms with van der Waals surface area (Å²) in [4.78, 5) is 33.8. The lowest BCUT2D eigenvalue weighted by Gasteiger charge is -2.36. The second-order valence-corrected chi connectivity index (χ2v) is 9.42. The number of nitrogens with one attached hydrogen (secondary N) is 2. The first-order valence-corrected chi connectivity index (χ1v) is 11.3. The Morgan fingerprint density at radius 1 is 1.22 bits per heavy atom. The normalized spacial score (nSPS) is 16.3. The van der Waals surface area contributed by atoms with E-state index < -0.39 is 5.54 Å². The van der Waals surface area contributed by atoms with Gasteiger partial charge in [-0.05, 0) is 25.3 Å². The Hall–Kier alpha value is -1.67. The first-order chi connectivity index (χ1) is 12.9. The van der Waals surface area contributed by atoms with Crippen LogP contribution < -0.4 is 15.5 Å². The van der Waals surface area contributed by atoms with Crippen LogP contribution >= 0.6 is 22.7 Å². The Labute approximate surface area is 168 Å². The first kappa shape index (κ1) is 20.1. The van der Waals surface area contributed by atoms with Crippen molar-refractivity contribution < 1.29 is 9.59 Å². The molecular weight excluding hydrogens is 380 g/mol. The van der Waals surface area contributed by atoms with Crippen LogP contribution in [0.25, 0.3) is 9.53 Å². The zero-order valence-electron chi connectivity index (χ0n) is 16.3. The smallest absolute Gasteiger partial charge is 0.262 e. The van der Waals surface area contributed by atoms with E-state index in [9.17, 15) is 9.59 Å². The lowest BCUT2D eigenvalue weighted by atomic mass is 9.80. The van der Waals surface area contributed by atoms with E-state index in [0.717, 1.165) is 46.8 Å². The molecule has 0 atom stereocenters. The van der Waals surface area contributed by atoms with Gasteiger partial charge < -0.3 is 15.5 Å². The van der Waals surface area contributed by atoms with Crippen LogP contribution in [0, 0.1) is 0 Å². The molecule has 2 heterocycles. The van der Waals surface area contributed by atoms with Gasteiger partial charge >= 0.3 is 0 Å². The molecule has 0 saturated heterocycles. The molecule has 2 amide bonds. The van der Waals surface area contributed by atoms with Gasteiger partial charge in [-0.2, -0.15) is 0 Å². The standard InChI is InChI=1S/C19H28N4O2S2/c1-4-5-11-20-17(25)19(9-7-6-8-10-19)22-15(24)13-12-14-16(26-13)21-18(27-14)23(2)3/h12H,4-11H2,1-3H3,(H,20,25)(H,22,24). The van der Waals surface area contributed by atoms with E-state index in [1.165, 1.54) is 11.3 Å². The first-order valence-electron chi connectivity index (χ1n) is 9.64. The Balaban J connectivity index is 1.75. The van der Waals surface area contributed by atoms with Crippen LogP contribution in [0.15, 0.2) is 6.07 Å². The Kier molecular flexibility index (Phi) is 6.37. The number of carbonyl (C=O) groups excluding carboxylic acids is 2. The second kappa shape index (κ2) is 8.56. The lowest BCUT2D eigenvalue weighted by Crippen LogP contribution is -2.59. The third kappa shape index (κ3) is 4.43. The highest BCUT2D eigenvalue weighted by Crippen LogP contribution is 2.35. The van der Waals surface area contributed by atoms with Crippen molar-refractivity contribution in [2.24, 2.45) is 0 Å². The van der Waals surface area contributed by atoms with Crippen LogP contribution in [-0.2, 0) is 4.79 Å². The molecule has 0 radical (unpaired) electrons. The van der Waals surface area contributed by atoms with Crippen LogP contribution in [-0.4, -0.2) is 43.0 Å². The SMILES string of the molecule is CCCCNC(=O)C1(NC(=O)c2cc3sc(N(C)C)nc3s2)CCCCC1. The topological polar surface area (TPSA) is 74.3 Å². The van der Waals surface area contributed by atoms with E-state index in [0.29, 0.717) is 24.3 Å². The summed E-state index contributed by atoms with van der Waals surface area (Å²) < 4.78 is 1.01. The van der Waals surface area contributed by atoms with Gasteiger partial charge in [0.25, 0.3) is 5.91 Å². The molecule has 0 spiro atoms. The average Bonchev–Trinajstić information content (AvgIpc) is 3.22. The van der Waals surface area contributed by atoms with Gasteiger partial charge in [-0.1, -0.05) is 43.9 Å². The Morgan fingerprint density at radius 2 is 1.96 bits per heavy atom. The molecular formula is C19H28N4O2S2. The minimum Gasteiger partial charge on any atom is -0.354 e. The fraction of sp³-hybridized carbons (Fsp3) is 0.632. The number of nitrogens with zero attached hydrogens (tertiary/aromatic N) is 2. The molecule has 6 nitrogen and oxygen atoms in total. The number of thiophene rings is 1. The maximum absolute atomic E-state index is 12.9. The van der Waals surface area contributed by atoms with Crippen molar-refractivity contribution in [1.29, 1.82) is 0 Å². The minimum atomic E-state index is -0.775. The molecule has 1 saturated carbocycles. The number of amides is 2. The van der Waals surface area contributed by atoms with Crippen molar-refractivity contribution in [3.05, 3.63) is 10.9 Å². The van der Waals surface area contributed by atoms with Gasteiger partial charge in [0.2, 0.25) is 5.91 Å². The molecule has 2 aromatic heterocycles. The minimum absolute atomic E-state index is 0.0320. The van der Waals surface area contributed by atoms with Crippen molar-refractivity contribution in [3.8, 4) is 0 Å². The number of carbonyl (C=O) groups is 2. The van der Waals surface area contributed by atoms with Crippen molar-refractivity contribution in [3.63, 3.8) is 0 Å². The van der Waals surface area contributed by atoms with Crippen molar-refractivity contribution in [2.75, 3.05) is 25.5 Å². The molecule has 148 valence electrons. The highest BCUT2D eigenvalue weighted by atomic mass is 32.1. The number of hydrogen-bond acceptors (Lipinski definition) is 6. The van der Waals surface area contributed by atoms with Crippen LogP contribution in [0.1, 0.15) is 61.5 Å². The Bertz CT molecular complexity index is 774. The third-order valence-electron chi connectivity index (χ3n) is 4.99. The van der Waals surface area contributed by atoms with Gasteiger partial charge in [0.05, 0.1) is 9.58 Å². The molecule has 3 rings (SSSR count). The molecule has 0 aliphatic heterocycles. The van der Waals surface area contributed by atoms with Crippen molar-refractivity contribution in [1.82, 2.24) is 15.6 Å². The summed E-state index contributed by atoms with van der Waals surface area (Å²) in [6.07, 6.45) is 6.46. The lowest BCUT2D eigenvalue weighted by molar-refractivity contribution is -0.128. The molecule has 1 fully saturated rings. The number of rotatable bonds is 7.